The smallest absolute Gasteiger partial charge is 0.257 e. The van der Waals surface area contributed by atoms with Crippen LogP contribution >= 0.6 is 28.1 Å². The van der Waals surface area contributed by atoms with E-state index in [9.17, 15) is 4.79 Å². The number of fused-ring (bicyclic) bond motifs is 1. The first kappa shape index (κ1) is 20.0. The zero-order valence-electron chi connectivity index (χ0n) is 15.7. The molecule has 0 saturated heterocycles. The number of hydrogen-bond acceptors (Lipinski definition) is 6. The van der Waals surface area contributed by atoms with Crippen molar-refractivity contribution in [3.05, 3.63) is 70.8 Å². The molecular formula is C21H15BrN4O3S. The Bertz CT molecular complexity index is 1220. The lowest BCUT2D eigenvalue weighted by molar-refractivity contribution is 0.0977. The summed E-state index contributed by atoms with van der Waals surface area (Å²) in [5.74, 6) is 0.751. The first-order valence-electron chi connectivity index (χ1n) is 8.81. The minimum absolute atomic E-state index is 0.170. The third kappa shape index (κ3) is 4.32. The van der Waals surface area contributed by atoms with E-state index in [0.717, 1.165) is 5.56 Å². The number of carbonyl (C=O) groups is 1. The highest BCUT2D eigenvalue weighted by Gasteiger charge is 2.12. The van der Waals surface area contributed by atoms with Gasteiger partial charge in [0.05, 0.1) is 11.6 Å². The van der Waals surface area contributed by atoms with E-state index in [1.165, 1.54) is 0 Å². The number of hydrogen-bond donors (Lipinski definition) is 2. The number of pyridine rings is 1. The summed E-state index contributed by atoms with van der Waals surface area (Å²) in [6, 6.07) is 16.0. The van der Waals surface area contributed by atoms with Crippen LogP contribution in [-0.2, 0) is 0 Å². The molecule has 4 rings (SSSR count). The van der Waals surface area contributed by atoms with E-state index in [4.69, 9.17) is 21.4 Å². The monoisotopic (exact) mass is 482 g/mol. The van der Waals surface area contributed by atoms with E-state index in [1.54, 1.807) is 37.6 Å². The second-order valence-electron chi connectivity index (χ2n) is 6.18. The molecule has 0 saturated carbocycles. The zero-order chi connectivity index (χ0) is 21.1. The Morgan fingerprint density at radius 2 is 2.03 bits per heavy atom. The van der Waals surface area contributed by atoms with Crippen molar-refractivity contribution in [3.8, 4) is 17.2 Å². The summed E-state index contributed by atoms with van der Waals surface area (Å²) in [7, 11) is 1.56. The van der Waals surface area contributed by atoms with Crippen LogP contribution in [0, 0.1) is 0 Å². The average Bonchev–Trinajstić information content (AvgIpc) is 3.18. The Morgan fingerprint density at radius 1 is 1.17 bits per heavy atom. The van der Waals surface area contributed by atoms with Gasteiger partial charge in [-0.1, -0.05) is 6.07 Å². The molecule has 4 aromatic rings. The predicted octanol–water partition coefficient (Wildman–Crippen LogP) is 4.79. The maximum absolute atomic E-state index is 12.5. The summed E-state index contributed by atoms with van der Waals surface area (Å²) >= 11 is 8.64. The molecule has 7 nitrogen and oxygen atoms in total. The van der Waals surface area contributed by atoms with Gasteiger partial charge in [0.25, 0.3) is 5.91 Å². The second kappa shape index (κ2) is 8.60. The topological polar surface area (TPSA) is 89.3 Å². The van der Waals surface area contributed by atoms with E-state index in [0.29, 0.717) is 38.6 Å². The van der Waals surface area contributed by atoms with Crippen LogP contribution in [0.2, 0.25) is 0 Å². The van der Waals surface area contributed by atoms with Crippen molar-refractivity contribution in [1.29, 1.82) is 0 Å². The Labute approximate surface area is 185 Å². The zero-order valence-corrected chi connectivity index (χ0v) is 18.1. The quantitative estimate of drug-likeness (QED) is 0.404. The lowest BCUT2D eigenvalue weighted by Gasteiger charge is -2.11. The van der Waals surface area contributed by atoms with Gasteiger partial charge >= 0.3 is 0 Å². The molecule has 0 bridgehead atoms. The van der Waals surface area contributed by atoms with E-state index < -0.39 is 0 Å². The van der Waals surface area contributed by atoms with Gasteiger partial charge in [-0.2, -0.15) is 4.98 Å². The van der Waals surface area contributed by atoms with Gasteiger partial charge < -0.3 is 14.5 Å². The average molecular weight is 483 g/mol. The van der Waals surface area contributed by atoms with E-state index in [1.807, 2.05) is 30.3 Å². The molecule has 0 radical (unpaired) electrons. The summed E-state index contributed by atoms with van der Waals surface area (Å²) in [6.45, 7) is 0. The Morgan fingerprint density at radius 3 is 2.80 bits per heavy atom. The third-order valence-electron chi connectivity index (χ3n) is 4.17. The molecule has 2 N–H and O–H groups in total. The van der Waals surface area contributed by atoms with Gasteiger partial charge in [0.15, 0.2) is 16.3 Å². The van der Waals surface area contributed by atoms with Crippen LogP contribution in [0.15, 0.2) is 69.7 Å². The molecule has 2 aromatic heterocycles. The highest BCUT2D eigenvalue weighted by atomic mass is 79.9. The molecule has 150 valence electrons. The lowest BCUT2D eigenvalue weighted by atomic mass is 10.2. The largest absolute Gasteiger partial charge is 0.496 e. The molecule has 0 unspecified atom stereocenters. The van der Waals surface area contributed by atoms with Gasteiger partial charge in [0, 0.05) is 23.0 Å². The number of aromatic nitrogens is 2. The number of rotatable bonds is 4. The van der Waals surface area contributed by atoms with Crippen LogP contribution in [0.25, 0.3) is 22.7 Å². The number of oxazole rings is 1. The predicted molar refractivity (Wildman–Crippen MR) is 122 cm³/mol. The highest BCUT2D eigenvalue weighted by molar-refractivity contribution is 9.10. The van der Waals surface area contributed by atoms with Crippen molar-refractivity contribution in [2.75, 3.05) is 12.4 Å². The SMILES string of the molecule is COc1ccc(C(=O)NC(=S)Nc2cccc(-c3nc4ncccc4o3)c2)cc1Br. The summed E-state index contributed by atoms with van der Waals surface area (Å²) in [4.78, 5) is 21.0. The summed E-state index contributed by atoms with van der Waals surface area (Å²) < 4.78 is 11.6. The maximum Gasteiger partial charge on any atom is 0.257 e. The fraction of sp³-hybridized carbons (Fsp3) is 0.0476. The number of anilines is 1. The minimum atomic E-state index is -0.336. The second-order valence-corrected chi connectivity index (χ2v) is 7.45. The van der Waals surface area contributed by atoms with Crippen LogP contribution in [0.3, 0.4) is 0 Å². The number of halogens is 1. The molecule has 0 aliphatic heterocycles. The summed E-state index contributed by atoms with van der Waals surface area (Å²) in [5, 5.41) is 5.83. The summed E-state index contributed by atoms with van der Waals surface area (Å²) in [5.41, 5.74) is 3.04. The molecule has 0 atom stereocenters. The van der Waals surface area contributed by atoms with E-state index >= 15 is 0 Å². The molecular weight excluding hydrogens is 468 g/mol. The van der Waals surface area contributed by atoms with Crippen molar-refractivity contribution < 1.29 is 13.9 Å². The van der Waals surface area contributed by atoms with Gasteiger partial charge in [-0.05, 0) is 76.7 Å². The van der Waals surface area contributed by atoms with Gasteiger partial charge in [-0.15, -0.1) is 0 Å². The number of carbonyl (C=O) groups excluding carboxylic acids is 1. The normalized spacial score (nSPS) is 10.6. The van der Waals surface area contributed by atoms with Gasteiger partial charge in [0.1, 0.15) is 5.75 Å². The van der Waals surface area contributed by atoms with Crippen molar-refractivity contribution in [1.82, 2.24) is 15.3 Å². The fourth-order valence-corrected chi connectivity index (χ4v) is 3.52. The highest BCUT2D eigenvalue weighted by Crippen LogP contribution is 2.26. The molecule has 30 heavy (non-hydrogen) atoms. The molecule has 0 fully saturated rings. The molecule has 2 aromatic carbocycles. The van der Waals surface area contributed by atoms with E-state index in [2.05, 4.69) is 36.5 Å². The van der Waals surface area contributed by atoms with Crippen LogP contribution in [0.5, 0.6) is 5.75 Å². The third-order valence-corrected chi connectivity index (χ3v) is 5.00. The number of ether oxygens (including phenoxy) is 1. The van der Waals surface area contributed by atoms with Crippen LogP contribution in [-0.4, -0.2) is 28.1 Å². The van der Waals surface area contributed by atoms with Crippen molar-refractivity contribution in [3.63, 3.8) is 0 Å². The first-order chi connectivity index (χ1) is 14.5. The molecule has 0 aliphatic rings. The molecule has 0 spiro atoms. The van der Waals surface area contributed by atoms with Crippen molar-refractivity contribution in [2.24, 2.45) is 0 Å². The van der Waals surface area contributed by atoms with Gasteiger partial charge in [-0.25, -0.2) is 4.98 Å². The Hall–Kier alpha value is -3.30. The number of methoxy groups -OCH3 is 1. The Balaban J connectivity index is 1.46. The standard InChI is InChI=1S/C21H15BrN4O3S/c1-28-16-8-7-12(11-15(16)22)19(27)26-21(30)24-14-5-2-4-13(10-14)20-25-18-17(29-20)6-3-9-23-18/h2-11H,1H3,(H2,24,26,27,30). The molecule has 0 aliphatic carbocycles. The summed E-state index contributed by atoms with van der Waals surface area (Å²) in [6.07, 6.45) is 1.66. The van der Waals surface area contributed by atoms with Crippen molar-refractivity contribution >= 4 is 56.1 Å². The molecule has 9 heteroatoms. The first-order valence-corrected chi connectivity index (χ1v) is 10.0. The maximum atomic E-state index is 12.5. The van der Waals surface area contributed by atoms with Crippen molar-refractivity contribution in [2.45, 2.75) is 0 Å². The number of thiocarbonyl (C=S) groups is 1. The fourth-order valence-electron chi connectivity index (χ4n) is 2.77. The van der Waals surface area contributed by atoms with E-state index in [-0.39, 0.29) is 11.0 Å². The lowest BCUT2D eigenvalue weighted by Crippen LogP contribution is -2.34. The van der Waals surface area contributed by atoms with Crippen LogP contribution in [0.4, 0.5) is 5.69 Å². The van der Waals surface area contributed by atoms with Crippen LogP contribution in [0.1, 0.15) is 10.4 Å². The number of benzene rings is 2. The number of nitrogens with one attached hydrogen (secondary N) is 2. The Kier molecular flexibility index (Phi) is 5.73. The molecule has 2 heterocycles. The molecule has 1 amide bonds. The number of amides is 1. The minimum Gasteiger partial charge on any atom is -0.496 e. The van der Waals surface area contributed by atoms with Gasteiger partial charge in [-0.3, -0.25) is 10.1 Å². The number of nitrogens with zero attached hydrogens (tertiary/aromatic N) is 2. The van der Waals surface area contributed by atoms with Crippen LogP contribution < -0.4 is 15.4 Å². The van der Waals surface area contributed by atoms with Gasteiger partial charge in [0.2, 0.25) is 5.89 Å².